The van der Waals surface area contributed by atoms with Gasteiger partial charge in [0.05, 0.1) is 0 Å². The summed E-state index contributed by atoms with van der Waals surface area (Å²) in [6.07, 6.45) is 11.9. The number of nitrogens with two attached hydrogens (primary N) is 1. The normalized spacial score (nSPS) is 20.9. The lowest BCUT2D eigenvalue weighted by Crippen LogP contribution is -2.34. The largest absolute Gasteiger partial charge is 0.394 e. The number of nitrogens with zero attached hydrogens (tertiary/aromatic N) is 3. The molecule has 1 aromatic carbocycles. The number of hydrogen-bond donors (Lipinski definition) is 2. The molecular weight excluding hydrogens is 446 g/mol. The number of amides is 1. The first-order valence-corrected chi connectivity index (χ1v) is 12.7. The summed E-state index contributed by atoms with van der Waals surface area (Å²) in [7, 11) is 5.46. The molecule has 36 heavy (non-hydrogen) atoms. The van der Waals surface area contributed by atoms with Crippen molar-refractivity contribution in [2.45, 2.75) is 38.8 Å². The van der Waals surface area contributed by atoms with Crippen LogP contribution in [0.4, 0.5) is 0 Å². The fraction of sp³-hybridized carbons (Fsp3) is 0.400. The monoisotopic (exact) mass is 487 g/mol. The molecular formula is C30H41N5O. The molecule has 1 amide bonds. The standard InChI is InChI=1S/C30H41N5O/c1-21(17-22(2)27(11-14-32-4)28-19-33-29(31)18-23(28)3)20-35-15-12-25(13-16-35)24-7-9-26(10-8-24)30(36)34(5)6/h7-11,14,17-19,25,29,32H,2,12-13,15-16,20,31H2,1,3-6H3/b14-11-,21-17+,28-27-. The van der Waals surface area contributed by atoms with Crippen molar-refractivity contribution in [1.82, 2.24) is 15.1 Å². The van der Waals surface area contributed by atoms with Crippen molar-refractivity contribution in [3.63, 3.8) is 0 Å². The predicted molar refractivity (Wildman–Crippen MR) is 151 cm³/mol. The van der Waals surface area contributed by atoms with Crippen molar-refractivity contribution in [1.29, 1.82) is 0 Å². The van der Waals surface area contributed by atoms with E-state index in [1.165, 1.54) is 11.1 Å². The van der Waals surface area contributed by atoms with Gasteiger partial charge in [-0.1, -0.05) is 30.4 Å². The Balaban J connectivity index is 1.62. The SMILES string of the molecule is C=C(/C=C(\C)CN1CCC(c2ccc(C(=O)N(C)C)cc2)CC1)C(/C=C\NC)=C1/C=NC(N)C=C1C. The molecule has 2 aliphatic rings. The van der Waals surface area contributed by atoms with E-state index in [1.807, 2.05) is 43.7 Å². The Hall–Kier alpha value is -3.22. The third-order valence-electron chi connectivity index (χ3n) is 6.79. The fourth-order valence-electron chi connectivity index (χ4n) is 4.82. The molecule has 1 saturated heterocycles. The van der Waals surface area contributed by atoms with Crippen LogP contribution >= 0.6 is 0 Å². The van der Waals surface area contributed by atoms with E-state index in [4.69, 9.17) is 5.73 Å². The van der Waals surface area contributed by atoms with Gasteiger partial charge in [0.25, 0.3) is 5.91 Å². The van der Waals surface area contributed by atoms with E-state index in [9.17, 15) is 4.79 Å². The van der Waals surface area contributed by atoms with Gasteiger partial charge in [-0.05, 0) is 98.5 Å². The summed E-state index contributed by atoms with van der Waals surface area (Å²) < 4.78 is 0. The molecule has 0 spiro atoms. The van der Waals surface area contributed by atoms with Crippen molar-refractivity contribution >= 4 is 12.1 Å². The van der Waals surface area contributed by atoms with E-state index in [2.05, 4.69) is 53.8 Å². The summed E-state index contributed by atoms with van der Waals surface area (Å²) in [5.41, 5.74) is 13.5. The Morgan fingerprint density at radius 3 is 2.50 bits per heavy atom. The predicted octanol–water partition coefficient (Wildman–Crippen LogP) is 4.42. The highest BCUT2D eigenvalue weighted by Crippen LogP contribution is 2.29. The molecule has 6 heteroatoms. The van der Waals surface area contributed by atoms with Gasteiger partial charge in [-0.15, -0.1) is 0 Å². The van der Waals surface area contributed by atoms with Gasteiger partial charge < -0.3 is 16.0 Å². The van der Waals surface area contributed by atoms with Crippen LogP contribution in [0.5, 0.6) is 0 Å². The number of carbonyl (C=O) groups is 1. The van der Waals surface area contributed by atoms with E-state index in [0.717, 1.165) is 60.3 Å². The summed E-state index contributed by atoms with van der Waals surface area (Å²) in [6, 6.07) is 8.16. The Labute approximate surface area is 216 Å². The molecule has 2 aliphatic heterocycles. The minimum absolute atomic E-state index is 0.0472. The van der Waals surface area contributed by atoms with Crippen LogP contribution in [-0.4, -0.2) is 68.9 Å². The van der Waals surface area contributed by atoms with Gasteiger partial charge in [-0.25, -0.2) is 0 Å². The zero-order chi connectivity index (χ0) is 26.2. The second kappa shape index (κ2) is 12.7. The lowest BCUT2D eigenvalue weighted by atomic mass is 9.88. The first-order chi connectivity index (χ1) is 17.2. The average Bonchev–Trinajstić information content (AvgIpc) is 2.85. The number of likely N-dealkylation sites (tertiary alicyclic amines) is 1. The molecule has 0 aliphatic carbocycles. The van der Waals surface area contributed by atoms with Crippen LogP contribution in [-0.2, 0) is 0 Å². The Morgan fingerprint density at radius 2 is 1.92 bits per heavy atom. The minimum Gasteiger partial charge on any atom is -0.394 e. The highest BCUT2D eigenvalue weighted by atomic mass is 16.2. The number of benzene rings is 1. The van der Waals surface area contributed by atoms with Crippen LogP contribution in [0, 0.1) is 0 Å². The van der Waals surface area contributed by atoms with Crippen molar-refractivity contribution in [2.24, 2.45) is 10.7 Å². The number of carbonyl (C=O) groups excluding carboxylic acids is 1. The minimum atomic E-state index is -0.282. The van der Waals surface area contributed by atoms with Crippen LogP contribution in [0.2, 0.25) is 0 Å². The van der Waals surface area contributed by atoms with Gasteiger partial charge in [-0.3, -0.25) is 14.7 Å². The van der Waals surface area contributed by atoms with E-state index in [-0.39, 0.29) is 12.1 Å². The van der Waals surface area contributed by atoms with Gasteiger partial charge >= 0.3 is 0 Å². The van der Waals surface area contributed by atoms with Crippen molar-refractivity contribution in [2.75, 3.05) is 40.8 Å². The smallest absolute Gasteiger partial charge is 0.253 e. The second-order valence-electron chi connectivity index (χ2n) is 9.96. The van der Waals surface area contributed by atoms with Gasteiger partial charge in [0.1, 0.15) is 6.17 Å². The zero-order valence-electron chi connectivity index (χ0n) is 22.4. The van der Waals surface area contributed by atoms with Crippen molar-refractivity contribution < 1.29 is 4.79 Å². The van der Waals surface area contributed by atoms with Gasteiger partial charge in [0, 0.05) is 45.0 Å². The number of hydrogen-bond acceptors (Lipinski definition) is 5. The summed E-state index contributed by atoms with van der Waals surface area (Å²) in [5.74, 6) is 0.588. The maximum atomic E-state index is 12.2. The lowest BCUT2D eigenvalue weighted by molar-refractivity contribution is 0.0827. The number of dihydropyridines is 1. The fourth-order valence-corrected chi connectivity index (χ4v) is 4.82. The third kappa shape index (κ3) is 7.15. The van der Waals surface area contributed by atoms with E-state index >= 15 is 0 Å². The van der Waals surface area contributed by atoms with Crippen molar-refractivity contribution in [3.8, 4) is 0 Å². The number of nitrogens with one attached hydrogen (secondary N) is 1. The summed E-state index contributed by atoms with van der Waals surface area (Å²) in [5, 5.41) is 3.07. The molecule has 1 atom stereocenters. The van der Waals surface area contributed by atoms with Crippen LogP contribution in [0.1, 0.15) is 48.5 Å². The molecule has 1 unspecified atom stereocenters. The molecule has 2 heterocycles. The highest BCUT2D eigenvalue weighted by molar-refractivity contribution is 5.93. The zero-order valence-corrected chi connectivity index (χ0v) is 22.4. The Bertz CT molecular complexity index is 1100. The van der Waals surface area contributed by atoms with Crippen molar-refractivity contribution in [3.05, 3.63) is 94.3 Å². The molecule has 192 valence electrons. The van der Waals surface area contributed by atoms with Crippen LogP contribution in [0.25, 0.3) is 0 Å². The first kappa shape index (κ1) is 27.4. The average molecular weight is 488 g/mol. The molecule has 6 nitrogen and oxygen atoms in total. The molecule has 3 N–H and O–H groups in total. The molecule has 1 fully saturated rings. The highest BCUT2D eigenvalue weighted by Gasteiger charge is 2.21. The molecule has 3 rings (SSSR count). The maximum Gasteiger partial charge on any atom is 0.253 e. The maximum absolute atomic E-state index is 12.2. The van der Waals surface area contributed by atoms with Crippen LogP contribution in [0.3, 0.4) is 0 Å². The van der Waals surface area contributed by atoms with Gasteiger partial charge in [0.15, 0.2) is 0 Å². The van der Waals surface area contributed by atoms with Gasteiger partial charge in [-0.2, -0.15) is 0 Å². The van der Waals surface area contributed by atoms with E-state index in [0.29, 0.717) is 5.92 Å². The number of aliphatic imine (C=N–C) groups is 1. The Kier molecular flexibility index (Phi) is 9.62. The molecule has 0 radical (unpaired) electrons. The lowest BCUT2D eigenvalue weighted by Gasteiger charge is -2.32. The molecule has 1 aromatic rings. The van der Waals surface area contributed by atoms with E-state index in [1.54, 1.807) is 19.0 Å². The quantitative estimate of drug-likeness (QED) is 0.533. The number of piperidine rings is 1. The topological polar surface area (TPSA) is 74.0 Å². The van der Waals surface area contributed by atoms with Gasteiger partial charge in [0.2, 0.25) is 0 Å². The summed E-state index contributed by atoms with van der Waals surface area (Å²) in [6.45, 7) is 11.7. The third-order valence-corrected chi connectivity index (χ3v) is 6.79. The molecule has 0 saturated carbocycles. The van der Waals surface area contributed by atoms with Crippen LogP contribution in [0.15, 0.2) is 88.1 Å². The first-order valence-electron chi connectivity index (χ1n) is 12.7. The molecule has 0 aromatic heterocycles. The summed E-state index contributed by atoms with van der Waals surface area (Å²) in [4.78, 5) is 20.7. The Morgan fingerprint density at radius 1 is 1.25 bits per heavy atom. The summed E-state index contributed by atoms with van der Waals surface area (Å²) >= 11 is 0. The second-order valence-corrected chi connectivity index (χ2v) is 9.96. The van der Waals surface area contributed by atoms with E-state index < -0.39 is 0 Å². The number of allylic oxidation sites excluding steroid dienone is 6. The molecule has 0 bridgehead atoms. The number of rotatable bonds is 8. The van der Waals surface area contributed by atoms with Crippen LogP contribution < -0.4 is 11.1 Å².